The number of hydrazine groups is 1. The van der Waals surface area contributed by atoms with Crippen molar-refractivity contribution in [3.8, 4) is 22.4 Å². The van der Waals surface area contributed by atoms with Crippen LogP contribution in [-0.2, 0) is 4.79 Å². The van der Waals surface area contributed by atoms with Gasteiger partial charge in [-0.25, -0.2) is 10.8 Å². The Labute approximate surface area is 247 Å². The molecule has 2 atom stereocenters. The lowest BCUT2D eigenvalue weighted by Crippen LogP contribution is -2.27. The van der Waals surface area contributed by atoms with Gasteiger partial charge in [0.2, 0.25) is 5.91 Å². The summed E-state index contributed by atoms with van der Waals surface area (Å²) >= 11 is 12.1. The fraction of sp³-hybridized carbons (Fsp3) is 0.200. The number of hydrogen-bond acceptors (Lipinski definition) is 7. The molecule has 2 aromatic carbocycles. The molecular formula is C30H29Cl2N7O2. The lowest BCUT2D eigenvalue weighted by atomic mass is 9.93. The number of rotatable bonds is 4. The Balaban J connectivity index is 1.59. The molecule has 5 rings (SSSR count). The van der Waals surface area contributed by atoms with Crippen LogP contribution in [-0.4, -0.2) is 20.4 Å². The van der Waals surface area contributed by atoms with Crippen LogP contribution in [0.25, 0.3) is 22.4 Å². The molecule has 3 heterocycles. The van der Waals surface area contributed by atoms with E-state index >= 15 is 0 Å². The fourth-order valence-corrected chi connectivity index (χ4v) is 5.34. The smallest absolute Gasteiger partial charge is 0.254 e. The average molecular weight is 591 g/mol. The first-order chi connectivity index (χ1) is 19.7. The van der Waals surface area contributed by atoms with Crippen molar-refractivity contribution in [2.24, 2.45) is 17.5 Å². The highest BCUT2D eigenvalue weighted by atomic mass is 35.5. The number of hydrogen-bond donors (Lipinski definition) is 3. The molecule has 0 saturated carbocycles. The number of fused-ring (bicyclic) bond motifs is 4. The quantitative estimate of drug-likeness (QED) is 0.159. The molecule has 1 aliphatic rings. The van der Waals surface area contributed by atoms with Crippen molar-refractivity contribution < 1.29 is 4.79 Å². The van der Waals surface area contributed by atoms with Crippen molar-refractivity contribution in [2.45, 2.75) is 32.2 Å². The number of benzene rings is 2. The van der Waals surface area contributed by atoms with Crippen molar-refractivity contribution in [3.05, 3.63) is 106 Å². The minimum absolute atomic E-state index is 0.00723. The largest absolute Gasteiger partial charge is 0.388 e. The van der Waals surface area contributed by atoms with E-state index in [-0.39, 0.29) is 28.6 Å². The second-order valence-corrected chi connectivity index (χ2v) is 10.9. The molecule has 0 fully saturated rings. The Morgan fingerprint density at radius 2 is 1.95 bits per heavy atom. The van der Waals surface area contributed by atoms with E-state index in [0.29, 0.717) is 40.5 Å². The lowest BCUT2D eigenvalue weighted by Gasteiger charge is -2.24. The zero-order valence-electron chi connectivity index (χ0n) is 22.3. The molecule has 2 unspecified atom stereocenters. The topological polar surface area (TPSA) is 132 Å². The van der Waals surface area contributed by atoms with Crippen LogP contribution in [0.5, 0.6) is 0 Å². The summed E-state index contributed by atoms with van der Waals surface area (Å²) < 4.78 is 1.63. The number of nitrogens with two attached hydrogens (primary N) is 2. The normalized spacial score (nSPS) is 17.6. The maximum absolute atomic E-state index is 13.7. The third-order valence-corrected chi connectivity index (χ3v) is 7.50. The number of nitrogens with zero attached hydrogens (tertiary/aromatic N) is 4. The zero-order chi connectivity index (χ0) is 29.1. The van der Waals surface area contributed by atoms with Gasteiger partial charge in [0, 0.05) is 34.3 Å². The van der Waals surface area contributed by atoms with Crippen LogP contribution >= 0.6 is 23.2 Å². The molecule has 0 radical (unpaired) electrons. The summed E-state index contributed by atoms with van der Waals surface area (Å²) in [6.07, 6.45) is 8.28. The Morgan fingerprint density at radius 3 is 2.73 bits per heavy atom. The molecule has 1 amide bonds. The molecular weight excluding hydrogens is 561 g/mol. The molecule has 1 aliphatic heterocycles. The van der Waals surface area contributed by atoms with Gasteiger partial charge < -0.3 is 11.1 Å². The molecule has 0 aliphatic carbocycles. The van der Waals surface area contributed by atoms with E-state index in [1.165, 1.54) is 17.3 Å². The number of carbonyl (C=O) groups excluding carboxylic acids is 1. The van der Waals surface area contributed by atoms with Gasteiger partial charge in [-0.2, -0.15) is 0 Å². The van der Waals surface area contributed by atoms with Gasteiger partial charge >= 0.3 is 0 Å². The molecule has 9 nitrogen and oxygen atoms in total. The average Bonchev–Trinajstić information content (AvgIpc) is 2.95. The van der Waals surface area contributed by atoms with E-state index in [1.54, 1.807) is 41.5 Å². The van der Waals surface area contributed by atoms with Crippen molar-refractivity contribution in [1.29, 1.82) is 0 Å². The minimum Gasteiger partial charge on any atom is -0.388 e. The standard InChI is InChI=1S/C30H29Cl2N7O2/c1-18-4-2-7-26(20-6-3-5-19(12-20)22-10-11-35-15-25(22)37-30(18)41)38-17-36-24(14-29(38)40)23-13-21(31)8-9-27(23)39(34)16-28(32)33/h3,5-6,8-18,26H,2,4,7,33-34H2,1H3,(H,37,41)/b28-16-. The summed E-state index contributed by atoms with van der Waals surface area (Å²) in [5.74, 6) is 5.87. The number of nitrogens with one attached hydrogen (secondary N) is 1. The van der Waals surface area contributed by atoms with E-state index in [4.69, 9.17) is 34.8 Å². The Hall–Kier alpha value is -4.18. The molecule has 0 saturated heterocycles. The summed E-state index contributed by atoms with van der Waals surface area (Å²) in [7, 11) is 0. The Morgan fingerprint density at radius 1 is 1.12 bits per heavy atom. The van der Waals surface area contributed by atoms with Crippen molar-refractivity contribution >= 4 is 40.5 Å². The first-order valence-electron chi connectivity index (χ1n) is 13.1. The summed E-state index contributed by atoms with van der Waals surface area (Å²) in [4.78, 5) is 35.4. The molecule has 11 heteroatoms. The highest BCUT2D eigenvalue weighted by Crippen LogP contribution is 2.34. The number of amides is 1. The van der Waals surface area contributed by atoms with Gasteiger partial charge in [-0.1, -0.05) is 54.7 Å². The van der Waals surface area contributed by atoms with Gasteiger partial charge in [-0.15, -0.1) is 0 Å². The summed E-state index contributed by atoms with van der Waals surface area (Å²) in [6.45, 7) is 1.91. The maximum Gasteiger partial charge on any atom is 0.254 e. The van der Waals surface area contributed by atoms with Gasteiger partial charge in [0.05, 0.1) is 41.8 Å². The van der Waals surface area contributed by atoms with Crippen molar-refractivity contribution in [2.75, 3.05) is 10.3 Å². The second-order valence-electron chi connectivity index (χ2n) is 9.99. The minimum atomic E-state index is -0.298. The predicted molar refractivity (Wildman–Crippen MR) is 163 cm³/mol. The molecule has 2 bridgehead atoms. The molecule has 0 spiro atoms. The van der Waals surface area contributed by atoms with Crippen LogP contribution in [0.3, 0.4) is 0 Å². The summed E-state index contributed by atoms with van der Waals surface area (Å²) in [5, 5.41) is 4.73. The number of pyridine rings is 1. The Bertz CT molecular complexity index is 1680. The fourth-order valence-electron chi connectivity index (χ4n) is 5.06. The van der Waals surface area contributed by atoms with Crippen LogP contribution in [0.4, 0.5) is 11.4 Å². The van der Waals surface area contributed by atoms with E-state index in [2.05, 4.69) is 15.3 Å². The van der Waals surface area contributed by atoms with Crippen LogP contribution in [0, 0.1) is 5.92 Å². The predicted octanol–water partition coefficient (Wildman–Crippen LogP) is 5.65. The van der Waals surface area contributed by atoms with Crippen molar-refractivity contribution in [3.63, 3.8) is 0 Å². The van der Waals surface area contributed by atoms with E-state index in [9.17, 15) is 9.59 Å². The highest BCUT2D eigenvalue weighted by Gasteiger charge is 2.22. The zero-order valence-corrected chi connectivity index (χ0v) is 23.8. The Kier molecular flexibility index (Phi) is 8.39. The van der Waals surface area contributed by atoms with Crippen LogP contribution in [0.1, 0.15) is 37.8 Å². The molecule has 4 aromatic rings. The van der Waals surface area contributed by atoms with Crippen LogP contribution in [0.2, 0.25) is 5.02 Å². The van der Waals surface area contributed by atoms with Gasteiger partial charge in [0.25, 0.3) is 5.56 Å². The molecule has 2 aromatic heterocycles. The summed E-state index contributed by atoms with van der Waals surface area (Å²) in [5.41, 5.74) is 10.2. The number of carbonyl (C=O) groups is 1. The third-order valence-electron chi connectivity index (χ3n) is 7.17. The van der Waals surface area contributed by atoms with Crippen molar-refractivity contribution in [1.82, 2.24) is 14.5 Å². The molecule has 41 heavy (non-hydrogen) atoms. The first kappa shape index (κ1) is 28.4. The monoisotopic (exact) mass is 589 g/mol. The number of halogens is 2. The SMILES string of the molecule is CC1CCCC(n2cnc(-c3cc(Cl)ccc3N(N)/C=C(\N)Cl)cc2=O)c2cccc(c2)-c2ccncc2NC1=O. The number of aromatic nitrogens is 3. The number of anilines is 2. The highest BCUT2D eigenvalue weighted by molar-refractivity contribution is 6.31. The molecule has 210 valence electrons. The lowest BCUT2D eigenvalue weighted by molar-refractivity contribution is -0.119. The van der Waals surface area contributed by atoms with Gasteiger partial charge in [-0.05, 0) is 54.3 Å². The summed E-state index contributed by atoms with van der Waals surface area (Å²) in [6, 6.07) is 16.1. The van der Waals surface area contributed by atoms with Gasteiger partial charge in [0.1, 0.15) is 5.16 Å². The van der Waals surface area contributed by atoms with Gasteiger partial charge in [0.15, 0.2) is 0 Å². The maximum atomic E-state index is 13.7. The van der Waals surface area contributed by atoms with E-state index in [1.807, 2.05) is 37.3 Å². The molecule has 5 N–H and O–H groups in total. The second kappa shape index (κ2) is 12.1. The van der Waals surface area contributed by atoms with Gasteiger partial charge in [-0.3, -0.25) is 24.1 Å². The van der Waals surface area contributed by atoms with Crippen LogP contribution in [0.15, 0.2) is 89.5 Å². The van der Waals surface area contributed by atoms with Crippen LogP contribution < -0.4 is 27.5 Å². The van der Waals surface area contributed by atoms with E-state index < -0.39 is 0 Å². The first-order valence-corrected chi connectivity index (χ1v) is 13.9. The van der Waals surface area contributed by atoms with E-state index in [0.717, 1.165) is 23.1 Å². The third kappa shape index (κ3) is 6.27.